The topological polar surface area (TPSA) is 91.0 Å². The summed E-state index contributed by atoms with van der Waals surface area (Å²) in [6.45, 7) is 4.70. The predicted octanol–water partition coefficient (Wildman–Crippen LogP) is 2.65. The van der Waals surface area contributed by atoms with Gasteiger partial charge in [-0.1, -0.05) is 11.6 Å². The second-order valence-electron chi connectivity index (χ2n) is 7.12. The largest absolute Gasteiger partial charge is 0.496 e. The number of benzene rings is 1. The van der Waals surface area contributed by atoms with Crippen LogP contribution in [0.5, 0.6) is 5.75 Å². The van der Waals surface area contributed by atoms with Crippen LogP contribution in [-0.2, 0) is 7.05 Å². The lowest BCUT2D eigenvalue weighted by atomic mass is 10.0. The molecule has 3 heterocycles. The highest BCUT2D eigenvalue weighted by Crippen LogP contribution is 2.38. The van der Waals surface area contributed by atoms with Crippen molar-refractivity contribution < 1.29 is 9.53 Å². The van der Waals surface area contributed by atoms with Crippen LogP contribution >= 0.6 is 11.6 Å². The van der Waals surface area contributed by atoms with Gasteiger partial charge < -0.3 is 9.64 Å². The number of hydrogen-bond donors (Lipinski definition) is 0. The molecule has 1 saturated heterocycles. The van der Waals surface area contributed by atoms with E-state index in [1.807, 2.05) is 30.5 Å². The molecule has 9 nitrogen and oxygen atoms in total. The zero-order valence-electron chi connectivity index (χ0n) is 16.8. The average molecular weight is 416 g/mol. The minimum Gasteiger partial charge on any atom is -0.496 e. The van der Waals surface area contributed by atoms with Crippen LogP contribution in [0.1, 0.15) is 46.2 Å². The quantitative estimate of drug-likeness (QED) is 0.650. The van der Waals surface area contributed by atoms with E-state index in [0.717, 1.165) is 29.8 Å². The lowest BCUT2D eigenvalue weighted by molar-refractivity contribution is 0.0731. The van der Waals surface area contributed by atoms with Gasteiger partial charge in [-0.2, -0.15) is 9.78 Å². The van der Waals surface area contributed by atoms with Crippen LogP contribution in [0, 0.1) is 13.8 Å². The number of halogens is 1. The zero-order chi connectivity index (χ0) is 20.7. The average Bonchev–Trinajstić information content (AvgIpc) is 3.43. The van der Waals surface area contributed by atoms with Gasteiger partial charge in [0, 0.05) is 30.9 Å². The molecule has 1 unspecified atom stereocenters. The number of ether oxygens (including phenoxy) is 1. The monoisotopic (exact) mass is 415 g/mol. The third kappa shape index (κ3) is 3.25. The lowest BCUT2D eigenvalue weighted by Gasteiger charge is -2.26. The van der Waals surface area contributed by atoms with Gasteiger partial charge in [-0.25, -0.2) is 0 Å². The second kappa shape index (κ2) is 7.47. The lowest BCUT2D eigenvalue weighted by Crippen LogP contribution is -2.31. The molecular formula is C19H22ClN7O2. The molecule has 3 aromatic rings. The Morgan fingerprint density at radius 3 is 2.72 bits per heavy atom. The number of likely N-dealkylation sites (tertiary alicyclic amines) is 1. The van der Waals surface area contributed by atoms with E-state index in [4.69, 9.17) is 16.3 Å². The van der Waals surface area contributed by atoms with Crippen LogP contribution in [0.3, 0.4) is 0 Å². The van der Waals surface area contributed by atoms with E-state index in [9.17, 15) is 4.79 Å². The van der Waals surface area contributed by atoms with E-state index in [1.165, 1.54) is 18.1 Å². The van der Waals surface area contributed by atoms with E-state index in [1.54, 1.807) is 12.1 Å². The van der Waals surface area contributed by atoms with Gasteiger partial charge >= 0.3 is 0 Å². The summed E-state index contributed by atoms with van der Waals surface area (Å²) in [5.74, 6) is 0.312. The Hall–Kier alpha value is -2.94. The first kappa shape index (κ1) is 19.4. The van der Waals surface area contributed by atoms with Crippen molar-refractivity contribution in [3.63, 3.8) is 0 Å². The van der Waals surface area contributed by atoms with Crippen LogP contribution in [0.15, 0.2) is 18.5 Å². The van der Waals surface area contributed by atoms with E-state index in [0.29, 0.717) is 28.6 Å². The number of nitrogens with zero attached hydrogens (tertiary/aromatic N) is 7. The molecule has 0 spiro atoms. The fourth-order valence-electron chi connectivity index (χ4n) is 4.06. The molecular weight excluding hydrogens is 394 g/mol. The molecule has 0 saturated carbocycles. The molecule has 0 bridgehead atoms. The maximum Gasteiger partial charge on any atom is 0.258 e. The Bertz CT molecular complexity index is 1060. The van der Waals surface area contributed by atoms with Crippen molar-refractivity contribution in [2.75, 3.05) is 13.7 Å². The van der Waals surface area contributed by atoms with E-state index >= 15 is 0 Å². The summed E-state index contributed by atoms with van der Waals surface area (Å²) >= 11 is 6.45. The van der Waals surface area contributed by atoms with Gasteiger partial charge in [0.15, 0.2) is 0 Å². The number of amides is 1. The molecule has 1 aliphatic rings. The van der Waals surface area contributed by atoms with Crippen molar-refractivity contribution in [1.29, 1.82) is 0 Å². The van der Waals surface area contributed by atoms with Crippen molar-refractivity contribution >= 4 is 17.5 Å². The van der Waals surface area contributed by atoms with E-state index < -0.39 is 0 Å². The van der Waals surface area contributed by atoms with Gasteiger partial charge in [-0.3, -0.25) is 9.48 Å². The fraction of sp³-hybridized carbons (Fsp3) is 0.421. The molecule has 1 fully saturated rings. The maximum atomic E-state index is 13.5. The Labute approximate surface area is 173 Å². The smallest absolute Gasteiger partial charge is 0.258 e. The minimum absolute atomic E-state index is 0.0149. The molecule has 0 radical (unpaired) electrons. The van der Waals surface area contributed by atoms with Gasteiger partial charge in [0.2, 0.25) is 0 Å². The van der Waals surface area contributed by atoms with Crippen molar-refractivity contribution in [1.82, 2.24) is 34.9 Å². The number of carbonyl (C=O) groups is 1. The van der Waals surface area contributed by atoms with Crippen LogP contribution in [-0.4, -0.2) is 54.4 Å². The Balaban J connectivity index is 1.73. The summed E-state index contributed by atoms with van der Waals surface area (Å²) < 4.78 is 8.80. The first-order valence-corrected chi connectivity index (χ1v) is 9.72. The zero-order valence-corrected chi connectivity index (χ0v) is 17.5. The molecule has 2 aromatic heterocycles. The number of methoxy groups -OCH3 is 1. The summed E-state index contributed by atoms with van der Waals surface area (Å²) in [6, 6.07) is 3.29. The highest BCUT2D eigenvalue weighted by molar-refractivity contribution is 6.33. The third-order valence-electron chi connectivity index (χ3n) is 5.51. The number of tetrazole rings is 1. The standard InChI is InChI=1S/C19H22ClN7O2/c1-11-18(12(2)25(3)22-11)15-6-5-7-26(15)19(28)13-8-14(20)16(9-17(13)29-4)27-10-21-23-24-27/h8-10,15H,5-7H2,1-4H3. The number of carbonyl (C=O) groups excluding carboxylic acids is 1. The summed E-state index contributed by atoms with van der Waals surface area (Å²) in [7, 11) is 3.45. The van der Waals surface area contributed by atoms with Crippen molar-refractivity contribution in [2.45, 2.75) is 32.7 Å². The van der Waals surface area contributed by atoms with Gasteiger partial charge in [0.1, 0.15) is 12.1 Å². The Kier molecular flexibility index (Phi) is 4.99. The molecule has 1 amide bonds. The summed E-state index contributed by atoms with van der Waals surface area (Å²) in [5, 5.41) is 16.0. The molecule has 1 atom stereocenters. The highest BCUT2D eigenvalue weighted by atomic mass is 35.5. The molecule has 1 aromatic carbocycles. The normalized spacial score (nSPS) is 16.4. The number of hydrogen-bond acceptors (Lipinski definition) is 6. The molecule has 29 heavy (non-hydrogen) atoms. The van der Waals surface area contributed by atoms with E-state index in [2.05, 4.69) is 20.6 Å². The predicted molar refractivity (Wildman–Crippen MR) is 106 cm³/mol. The molecule has 152 valence electrons. The van der Waals surface area contributed by atoms with Gasteiger partial charge in [0.25, 0.3) is 5.91 Å². The minimum atomic E-state index is -0.114. The van der Waals surface area contributed by atoms with Gasteiger partial charge in [-0.05, 0) is 43.2 Å². The van der Waals surface area contributed by atoms with Crippen molar-refractivity contribution in [2.24, 2.45) is 7.05 Å². The number of rotatable bonds is 4. The Morgan fingerprint density at radius 1 is 1.31 bits per heavy atom. The van der Waals surface area contributed by atoms with E-state index in [-0.39, 0.29) is 11.9 Å². The third-order valence-corrected chi connectivity index (χ3v) is 5.81. The second-order valence-corrected chi connectivity index (χ2v) is 7.53. The van der Waals surface area contributed by atoms with Crippen molar-refractivity contribution in [3.8, 4) is 11.4 Å². The fourth-order valence-corrected chi connectivity index (χ4v) is 4.31. The first-order valence-electron chi connectivity index (χ1n) is 9.34. The van der Waals surface area contributed by atoms with Gasteiger partial charge in [0.05, 0.1) is 35.1 Å². The summed E-state index contributed by atoms with van der Waals surface area (Å²) in [4.78, 5) is 15.4. The molecule has 4 rings (SSSR count). The number of aromatic nitrogens is 6. The molecule has 1 aliphatic heterocycles. The van der Waals surface area contributed by atoms with Crippen LogP contribution in [0.4, 0.5) is 0 Å². The molecule has 0 aliphatic carbocycles. The van der Waals surface area contributed by atoms with Crippen molar-refractivity contribution in [3.05, 3.63) is 46.0 Å². The summed E-state index contributed by atoms with van der Waals surface area (Å²) in [6.07, 6.45) is 3.27. The van der Waals surface area contributed by atoms with Crippen LogP contribution < -0.4 is 4.74 Å². The van der Waals surface area contributed by atoms with Crippen LogP contribution in [0.25, 0.3) is 5.69 Å². The summed E-state index contributed by atoms with van der Waals surface area (Å²) in [5.41, 5.74) is 4.11. The first-order chi connectivity index (χ1) is 13.9. The number of aryl methyl sites for hydroxylation is 2. The molecule has 0 N–H and O–H groups in total. The Morgan fingerprint density at radius 2 is 2.10 bits per heavy atom. The maximum absolute atomic E-state index is 13.5. The van der Waals surface area contributed by atoms with Crippen LogP contribution in [0.2, 0.25) is 5.02 Å². The highest BCUT2D eigenvalue weighted by Gasteiger charge is 2.35. The SMILES string of the molecule is COc1cc(-n2cnnn2)c(Cl)cc1C(=O)N1CCCC1c1c(C)nn(C)c1C. The van der Waals surface area contributed by atoms with Gasteiger partial charge in [-0.15, -0.1) is 5.10 Å². The molecule has 10 heteroatoms.